The number of hydrogen-bond acceptors (Lipinski definition) is 3. The van der Waals surface area contributed by atoms with Crippen molar-refractivity contribution >= 4 is 32.8 Å². The summed E-state index contributed by atoms with van der Waals surface area (Å²) in [4.78, 5) is 9.65. The second-order valence-corrected chi connectivity index (χ2v) is 17.7. The highest BCUT2D eigenvalue weighted by Gasteiger charge is 2.21. The Balaban J connectivity index is 1.26. The largest absolute Gasteiger partial charge is 0.458 e. The van der Waals surface area contributed by atoms with E-state index in [1.807, 2.05) is 73.4 Å². The third-order valence-corrected chi connectivity index (χ3v) is 10.3. The van der Waals surface area contributed by atoms with Gasteiger partial charge in [0, 0.05) is 40.8 Å². The molecule has 0 atom stereocenters. The van der Waals surface area contributed by atoms with Crippen LogP contribution < -0.4 is 9.30 Å². The molecule has 0 spiro atoms. The fraction of sp³-hybridized carbons (Fsp3) is 0.314. The molecule has 8 rings (SSSR count). The topological polar surface area (TPSA) is 48.8 Å². The zero-order valence-electron chi connectivity index (χ0n) is 38.8. The molecule has 0 fully saturated rings. The van der Waals surface area contributed by atoms with E-state index in [0.29, 0.717) is 34.1 Å². The molecule has 0 amide bonds. The van der Waals surface area contributed by atoms with Crippen molar-refractivity contribution in [2.24, 2.45) is 11.8 Å². The fourth-order valence-corrected chi connectivity index (χ4v) is 7.50. The maximum Gasteiger partial charge on any atom is 0.271 e. The van der Waals surface area contributed by atoms with Gasteiger partial charge in [0.15, 0.2) is 5.82 Å². The molecule has 0 radical (unpaired) electrons. The minimum atomic E-state index is -1.70. The molecule has 57 heavy (non-hydrogen) atoms. The predicted octanol–water partition coefficient (Wildman–Crippen LogP) is 12.4. The Labute approximate surface area is 343 Å². The van der Waals surface area contributed by atoms with Crippen LogP contribution in [0.5, 0.6) is 11.5 Å². The number of ether oxygens (including phenoxy) is 1. The van der Waals surface area contributed by atoms with Gasteiger partial charge in [-0.2, -0.15) is 0 Å². The van der Waals surface area contributed by atoms with Crippen LogP contribution in [-0.4, -0.2) is 19.1 Å². The third-order valence-electron chi connectivity index (χ3n) is 10.3. The lowest BCUT2D eigenvalue weighted by molar-refractivity contribution is -0.572. The van der Waals surface area contributed by atoms with E-state index in [9.17, 15) is 0 Å². The molecule has 0 unspecified atom stereocenters. The Morgan fingerprint density at radius 1 is 0.632 bits per heavy atom. The Morgan fingerprint density at radius 3 is 1.96 bits per heavy atom. The summed E-state index contributed by atoms with van der Waals surface area (Å²) in [6.45, 7) is 20.6. The molecular formula is C51H55N5O. The highest BCUT2D eigenvalue weighted by Crippen LogP contribution is 2.36. The lowest BCUT2D eigenvalue weighted by Crippen LogP contribution is -2.30. The number of imidazole rings is 1. The van der Waals surface area contributed by atoms with Crippen LogP contribution in [0.4, 0.5) is 0 Å². The van der Waals surface area contributed by atoms with Crippen LogP contribution >= 0.6 is 0 Å². The maximum atomic E-state index is 9.07. The fourth-order valence-electron chi connectivity index (χ4n) is 7.50. The molecule has 0 bridgehead atoms. The average Bonchev–Trinajstić information content (AvgIpc) is 3.76. The van der Waals surface area contributed by atoms with Gasteiger partial charge >= 0.3 is 0 Å². The highest BCUT2D eigenvalue weighted by molar-refractivity contribution is 6.09. The summed E-state index contributed by atoms with van der Waals surface area (Å²) in [5.41, 5.74) is 7.31. The van der Waals surface area contributed by atoms with Crippen LogP contribution in [0.2, 0.25) is 0 Å². The number of nitrogens with zero attached hydrogens (tertiary/aromatic N) is 5. The number of para-hydroxylation sites is 1. The second-order valence-electron chi connectivity index (χ2n) is 17.7. The van der Waals surface area contributed by atoms with E-state index in [0.717, 1.165) is 44.2 Å². The summed E-state index contributed by atoms with van der Waals surface area (Å²) in [7, 11) is 0. The molecule has 0 saturated carbocycles. The smallest absolute Gasteiger partial charge is 0.271 e. The zero-order valence-corrected chi connectivity index (χ0v) is 34.8. The van der Waals surface area contributed by atoms with Crippen molar-refractivity contribution in [3.63, 3.8) is 0 Å². The highest BCUT2D eigenvalue weighted by atomic mass is 16.5. The van der Waals surface area contributed by atoms with E-state index in [1.54, 1.807) is 12.3 Å². The first-order valence-electron chi connectivity index (χ1n) is 22.0. The van der Waals surface area contributed by atoms with Gasteiger partial charge in [0.2, 0.25) is 0 Å². The summed E-state index contributed by atoms with van der Waals surface area (Å²) >= 11 is 0. The number of rotatable bonds is 9. The SMILES string of the molecule is [2H]C([2H])(c1cc(-[n+]2[c-]n(-c3cc(Oc4ccc5c6ccccc6n(-c6cc(C(C)(C)C)ccn6)c5c4)ccn3)c3ccc(C(C)(C)C)cc32)cc(C([2H])([2H])C(C)C)c1)C(C)C. The van der Waals surface area contributed by atoms with Gasteiger partial charge < -0.3 is 4.74 Å². The quantitative estimate of drug-likeness (QED) is 0.109. The second kappa shape index (κ2) is 14.6. The minimum absolute atomic E-state index is 0.0412. The van der Waals surface area contributed by atoms with E-state index in [2.05, 4.69) is 119 Å². The van der Waals surface area contributed by atoms with Crippen LogP contribution in [0.25, 0.3) is 50.2 Å². The van der Waals surface area contributed by atoms with Crippen LogP contribution in [0.3, 0.4) is 0 Å². The average molecular weight is 758 g/mol. The minimum Gasteiger partial charge on any atom is -0.458 e. The first-order valence-corrected chi connectivity index (χ1v) is 20.0. The van der Waals surface area contributed by atoms with Gasteiger partial charge in [-0.05, 0) is 101 Å². The van der Waals surface area contributed by atoms with E-state index < -0.39 is 12.7 Å². The van der Waals surface area contributed by atoms with E-state index in [4.69, 9.17) is 20.2 Å². The number of hydrogen-bond donors (Lipinski definition) is 0. The van der Waals surface area contributed by atoms with Crippen molar-refractivity contribution in [1.29, 1.82) is 0 Å². The Morgan fingerprint density at radius 2 is 1.26 bits per heavy atom. The molecule has 290 valence electrons. The van der Waals surface area contributed by atoms with E-state index >= 15 is 0 Å². The predicted molar refractivity (Wildman–Crippen MR) is 235 cm³/mol. The van der Waals surface area contributed by atoms with Crippen molar-refractivity contribution in [3.8, 4) is 28.8 Å². The number of aromatic nitrogens is 5. The van der Waals surface area contributed by atoms with Crippen molar-refractivity contribution < 1.29 is 14.8 Å². The number of pyridine rings is 2. The van der Waals surface area contributed by atoms with Crippen molar-refractivity contribution in [2.75, 3.05) is 0 Å². The normalized spacial score (nSPS) is 14.0. The zero-order chi connectivity index (χ0) is 43.8. The summed E-state index contributed by atoms with van der Waals surface area (Å²) in [5, 5.41) is 2.23. The molecule has 0 aliphatic rings. The van der Waals surface area contributed by atoms with Gasteiger partial charge in [0.05, 0.1) is 27.8 Å². The van der Waals surface area contributed by atoms with Crippen molar-refractivity contribution in [1.82, 2.24) is 19.1 Å². The summed E-state index contributed by atoms with van der Waals surface area (Å²) in [6.07, 6.45) is 3.75. The summed E-state index contributed by atoms with van der Waals surface area (Å²) in [6, 6.07) is 34.2. The Kier molecular flexibility index (Phi) is 8.58. The lowest BCUT2D eigenvalue weighted by Gasteiger charge is -2.20. The third kappa shape index (κ3) is 7.70. The molecule has 0 N–H and O–H groups in total. The van der Waals surface area contributed by atoms with E-state index in [1.165, 1.54) is 5.56 Å². The van der Waals surface area contributed by atoms with E-state index in [-0.39, 0.29) is 22.7 Å². The summed E-state index contributed by atoms with van der Waals surface area (Å²) < 4.78 is 48.9. The van der Waals surface area contributed by atoms with Gasteiger partial charge in [0.25, 0.3) is 6.33 Å². The van der Waals surface area contributed by atoms with Crippen LogP contribution in [-0.2, 0) is 23.6 Å². The first kappa shape index (κ1) is 33.4. The van der Waals surface area contributed by atoms with Crippen LogP contribution in [0.15, 0.2) is 116 Å². The molecule has 8 aromatic rings. The van der Waals surface area contributed by atoms with Gasteiger partial charge in [-0.3, -0.25) is 18.7 Å². The van der Waals surface area contributed by atoms with Crippen molar-refractivity contribution in [2.45, 2.75) is 92.8 Å². The van der Waals surface area contributed by atoms with Crippen LogP contribution in [0, 0.1) is 18.2 Å². The first-order chi connectivity index (χ1) is 28.6. The van der Waals surface area contributed by atoms with Crippen molar-refractivity contribution in [3.05, 3.63) is 144 Å². The van der Waals surface area contributed by atoms with Gasteiger partial charge in [-0.25, -0.2) is 4.98 Å². The molecule has 0 saturated heterocycles. The molecule has 4 aromatic carbocycles. The molecule has 0 aliphatic carbocycles. The molecule has 6 nitrogen and oxygen atoms in total. The molecule has 4 heterocycles. The Hall–Kier alpha value is -5.75. The maximum absolute atomic E-state index is 9.07. The molecule has 6 heteroatoms. The molecule has 0 aliphatic heterocycles. The summed E-state index contributed by atoms with van der Waals surface area (Å²) in [5.74, 6) is 2.00. The molecule has 4 aromatic heterocycles. The Bertz CT molecular complexity index is 2910. The molecular weight excluding hydrogens is 699 g/mol. The van der Waals surface area contributed by atoms with Gasteiger partial charge in [-0.15, -0.1) is 0 Å². The number of fused-ring (bicyclic) bond motifs is 4. The number of benzene rings is 4. The van der Waals surface area contributed by atoms with Gasteiger partial charge in [-0.1, -0.05) is 117 Å². The standard InChI is InChI=1S/C51H55N5O/c1-33(2)23-35-25-36(24-34(3)4)27-39(26-35)54-32-55(45-18-15-37(28-47(45)54)50(5,6)7)48-31-41(20-22-52-48)57-40-16-17-43-42-13-11-12-14-44(42)56(46(43)30-40)49-29-38(19-21-53-49)51(8,9)10/h11-22,25-31,33-34H,23-24H2,1-10H3/i23D2,24D2. The van der Waals surface area contributed by atoms with Crippen LogP contribution in [0.1, 0.15) is 97.0 Å². The monoisotopic (exact) mass is 757 g/mol. The van der Waals surface area contributed by atoms with Gasteiger partial charge in [0.1, 0.15) is 17.3 Å². The lowest BCUT2D eigenvalue weighted by atomic mass is 9.87.